The number of benzene rings is 3. The van der Waals surface area contributed by atoms with Crippen molar-refractivity contribution in [2.24, 2.45) is 11.8 Å². The Balaban J connectivity index is 1.54. The molecule has 10 nitrogen and oxygen atoms in total. The molecule has 0 N–H and O–H groups in total. The molecule has 1 aliphatic carbocycles. The largest absolute Gasteiger partial charge is 0.494 e. The molecule has 2 aliphatic heterocycles. The van der Waals surface area contributed by atoms with Crippen molar-refractivity contribution in [3.8, 4) is 5.75 Å². The first kappa shape index (κ1) is 23.7. The molecule has 38 heavy (non-hydrogen) atoms. The first-order valence-corrected chi connectivity index (χ1v) is 11.8. The summed E-state index contributed by atoms with van der Waals surface area (Å²) in [5.74, 6) is -5.53. The molecule has 0 saturated carbocycles. The second-order valence-corrected chi connectivity index (χ2v) is 9.52. The van der Waals surface area contributed by atoms with Crippen LogP contribution in [-0.2, 0) is 14.3 Å². The maximum absolute atomic E-state index is 14.1. The number of rotatable bonds is 4. The number of non-ortho nitro benzene ring substituents is 1. The number of nitrogens with zero attached hydrogens (tertiary/aromatic N) is 2. The Morgan fingerprint density at radius 3 is 2.13 bits per heavy atom. The van der Waals surface area contributed by atoms with Crippen molar-refractivity contribution >= 4 is 34.8 Å². The molecule has 190 valence electrons. The van der Waals surface area contributed by atoms with E-state index in [9.17, 15) is 29.3 Å². The van der Waals surface area contributed by atoms with Gasteiger partial charge in [-0.05, 0) is 18.6 Å². The molecule has 3 aliphatic rings. The van der Waals surface area contributed by atoms with Gasteiger partial charge in [-0.2, -0.15) is 0 Å². The highest BCUT2D eigenvalue weighted by molar-refractivity contribution is 6.37. The average Bonchev–Trinajstić information content (AvgIpc) is 3.48. The topological polar surface area (TPSA) is 133 Å². The van der Waals surface area contributed by atoms with E-state index < -0.39 is 51.8 Å². The first-order chi connectivity index (χ1) is 18.2. The number of Topliss-reactive ketones (excluding diaryl/α,β-unsaturated/α-hetero) is 2. The van der Waals surface area contributed by atoms with Gasteiger partial charge in [0.2, 0.25) is 29.0 Å². The second-order valence-electron chi connectivity index (χ2n) is 9.52. The number of carbonyl (C=O) groups excluding carboxylic acids is 4. The van der Waals surface area contributed by atoms with E-state index in [1.165, 1.54) is 25.3 Å². The molecule has 2 heterocycles. The molecule has 1 spiro atoms. The van der Waals surface area contributed by atoms with Crippen LogP contribution in [0.4, 0.5) is 11.4 Å². The quantitative estimate of drug-likeness (QED) is 0.224. The number of aryl methyl sites for hydroxylation is 1. The van der Waals surface area contributed by atoms with Crippen LogP contribution < -0.4 is 9.64 Å². The number of nitro groups is 1. The summed E-state index contributed by atoms with van der Waals surface area (Å²) in [6.07, 6.45) is -1.06. The summed E-state index contributed by atoms with van der Waals surface area (Å²) in [7, 11) is 1.26. The maximum Gasteiger partial charge on any atom is 0.273 e. The summed E-state index contributed by atoms with van der Waals surface area (Å²) >= 11 is 0. The van der Waals surface area contributed by atoms with Crippen molar-refractivity contribution in [3.05, 3.63) is 99.1 Å². The number of ketones is 2. The molecular formula is C28H20N2O8. The first-order valence-electron chi connectivity index (χ1n) is 11.8. The minimum Gasteiger partial charge on any atom is -0.494 e. The van der Waals surface area contributed by atoms with Gasteiger partial charge in [0.15, 0.2) is 0 Å². The lowest BCUT2D eigenvalue weighted by Crippen LogP contribution is -2.51. The van der Waals surface area contributed by atoms with E-state index in [-0.39, 0.29) is 28.3 Å². The average molecular weight is 512 g/mol. The lowest BCUT2D eigenvalue weighted by Gasteiger charge is -2.27. The fourth-order valence-corrected chi connectivity index (χ4v) is 5.78. The van der Waals surface area contributed by atoms with Gasteiger partial charge < -0.3 is 9.47 Å². The second kappa shape index (κ2) is 8.15. The Labute approximate surface area is 215 Å². The summed E-state index contributed by atoms with van der Waals surface area (Å²) in [6.45, 7) is 1.89. The molecule has 0 radical (unpaired) electrons. The standard InChI is InChI=1S/C28H20N2O8/c1-14-7-9-15(10-8-14)23-21-22(28(38-23)24(31)17-5-3-4-6-18(17)25(28)32)27(34)29(26(21)33)19-12-11-16(30(35)36)13-20(19)37-2/h3-13,21-23H,1-2H3/t21-,22-,23-/m1/s1. The molecule has 10 heteroatoms. The molecule has 3 atom stereocenters. The zero-order valence-corrected chi connectivity index (χ0v) is 20.2. The van der Waals surface area contributed by atoms with Gasteiger partial charge >= 0.3 is 0 Å². The van der Waals surface area contributed by atoms with E-state index in [1.807, 2.05) is 19.1 Å². The van der Waals surface area contributed by atoms with E-state index >= 15 is 0 Å². The number of hydrogen-bond donors (Lipinski definition) is 0. The number of nitro benzene ring substituents is 1. The molecule has 6 rings (SSSR count). The predicted octanol–water partition coefficient (Wildman–Crippen LogP) is 3.61. The number of methoxy groups -OCH3 is 1. The molecule has 3 aromatic carbocycles. The predicted molar refractivity (Wildman–Crippen MR) is 132 cm³/mol. The summed E-state index contributed by atoms with van der Waals surface area (Å²) < 4.78 is 11.5. The fourth-order valence-electron chi connectivity index (χ4n) is 5.78. The third-order valence-electron chi connectivity index (χ3n) is 7.54. The van der Waals surface area contributed by atoms with Crippen molar-refractivity contribution in [2.75, 3.05) is 12.0 Å². The Bertz CT molecular complexity index is 1540. The molecule has 2 saturated heterocycles. The third-order valence-corrected chi connectivity index (χ3v) is 7.54. The molecule has 2 fully saturated rings. The Hall–Kier alpha value is -4.70. The van der Waals surface area contributed by atoms with Crippen LogP contribution in [0, 0.1) is 28.9 Å². The van der Waals surface area contributed by atoms with Crippen molar-refractivity contribution in [1.29, 1.82) is 0 Å². The highest BCUT2D eigenvalue weighted by atomic mass is 16.6. The van der Waals surface area contributed by atoms with Crippen LogP contribution in [0.3, 0.4) is 0 Å². The number of hydrogen-bond acceptors (Lipinski definition) is 8. The van der Waals surface area contributed by atoms with Crippen LogP contribution in [-0.4, -0.2) is 41.0 Å². The molecular weight excluding hydrogens is 492 g/mol. The highest BCUT2D eigenvalue weighted by Crippen LogP contribution is 2.58. The number of carbonyl (C=O) groups is 4. The van der Waals surface area contributed by atoms with Crippen molar-refractivity contribution < 1.29 is 33.6 Å². The summed E-state index contributed by atoms with van der Waals surface area (Å²) in [6, 6.07) is 16.8. The van der Waals surface area contributed by atoms with Crippen LogP contribution in [0.1, 0.15) is 37.9 Å². The Kier molecular flexibility index (Phi) is 5.08. The summed E-state index contributed by atoms with van der Waals surface area (Å²) in [4.78, 5) is 67.2. The zero-order chi connectivity index (χ0) is 26.9. The molecule has 0 aromatic heterocycles. The minimum absolute atomic E-state index is 0.0179. The maximum atomic E-state index is 14.1. The number of amides is 2. The molecule has 2 amide bonds. The number of anilines is 1. The number of fused-ring (bicyclic) bond motifs is 3. The molecule has 0 bridgehead atoms. The van der Waals surface area contributed by atoms with Gasteiger partial charge in [-0.1, -0.05) is 54.1 Å². The fraction of sp³-hybridized carbons (Fsp3) is 0.214. The van der Waals surface area contributed by atoms with Crippen molar-refractivity contribution in [1.82, 2.24) is 0 Å². The van der Waals surface area contributed by atoms with E-state index in [1.54, 1.807) is 24.3 Å². The summed E-state index contributed by atoms with van der Waals surface area (Å²) in [5.41, 5.74) is -0.768. The Morgan fingerprint density at radius 2 is 1.55 bits per heavy atom. The number of ether oxygens (including phenoxy) is 2. The van der Waals surface area contributed by atoms with Gasteiger partial charge in [0.05, 0.1) is 41.7 Å². The zero-order valence-electron chi connectivity index (χ0n) is 20.2. The van der Waals surface area contributed by atoms with Crippen LogP contribution >= 0.6 is 0 Å². The highest BCUT2D eigenvalue weighted by Gasteiger charge is 2.74. The molecule has 0 unspecified atom stereocenters. The monoisotopic (exact) mass is 512 g/mol. The van der Waals surface area contributed by atoms with Crippen LogP contribution in [0.25, 0.3) is 0 Å². The normalized spacial score (nSPS) is 23.2. The molecule has 3 aromatic rings. The van der Waals surface area contributed by atoms with E-state index in [0.717, 1.165) is 22.6 Å². The van der Waals surface area contributed by atoms with E-state index in [4.69, 9.17) is 9.47 Å². The van der Waals surface area contributed by atoms with Crippen molar-refractivity contribution in [3.63, 3.8) is 0 Å². The van der Waals surface area contributed by atoms with Gasteiger partial charge in [-0.3, -0.25) is 29.3 Å². The Morgan fingerprint density at radius 1 is 0.921 bits per heavy atom. The van der Waals surface area contributed by atoms with Crippen LogP contribution in [0.15, 0.2) is 66.7 Å². The van der Waals surface area contributed by atoms with Crippen LogP contribution in [0.2, 0.25) is 0 Å². The minimum atomic E-state index is -2.21. The number of imide groups is 1. The van der Waals surface area contributed by atoms with Gasteiger partial charge in [-0.25, -0.2) is 4.90 Å². The van der Waals surface area contributed by atoms with Gasteiger partial charge in [0.25, 0.3) is 5.69 Å². The lowest BCUT2D eigenvalue weighted by atomic mass is 9.77. The smallest absolute Gasteiger partial charge is 0.273 e. The van der Waals surface area contributed by atoms with Crippen molar-refractivity contribution in [2.45, 2.75) is 18.6 Å². The third kappa shape index (κ3) is 2.97. The van der Waals surface area contributed by atoms with Gasteiger partial charge in [-0.15, -0.1) is 0 Å². The summed E-state index contributed by atoms with van der Waals surface area (Å²) in [5, 5.41) is 11.3. The van der Waals surface area contributed by atoms with Crippen LogP contribution in [0.5, 0.6) is 5.75 Å². The lowest BCUT2D eigenvalue weighted by molar-refractivity contribution is -0.384. The van der Waals surface area contributed by atoms with E-state index in [2.05, 4.69) is 0 Å². The van der Waals surface area contributed by atoms with Gasteiger partial charge in [0, 0.05) is 17.2 Å². The van der Waals surface area contributed by atoms with Gasteiger partial charge in [0.1, 0.15) is 5.75 Å². The van der Waals surface area contributed by atoms with E-state index in [0.29, 0.717) is 5.56 Å². The SMILES string of the molecule is COc1cc([N+](=O)[O-])ccc1N1C(=O)[C@H]2[C@@H](c3ccc(C)cc3)OC3(C(=O)c4ccccc4C3=O)[C@H]2C1=O.